The molecule has 1 fully saturated rings. The van der Waals surface area contributed by atoms with E-state index in [-0.39, 0.29) is 12.6 Å². The smallest absolute Gasteiger partial charge is 0.0446 e. The highest BCUT2D eigenvalue weighted by atomic mass is 16.2. The zero-order valence-electron chi connectivity index (χ0n) is 11.8. The van der Waals surface area contributed by atoms with Crippen molar-refractivity contribution in [1.29, 1.82) is 0 Å². The minimum Gasteiger partial charge on any atom is -0.396 e. The van der Waals surface area contributed by atoms with E-state index >= 15 is 0 Å². The van der Waals surface area contributed by atoms with Crippen molar-refractivity contribution in [3.05, 3.63) is 35.4 Å². The zero-order valence-corrected chi connectivity index (χ0v) is 11.8. The molecule has 0 amide bonds. The average molecular weight is 262 g/mol. The van der Waals surface area contributed by atoms with Crippen LogP contribution in [0.5, 0.6) is 0 Å². The van der Waals surface area contributed by atoms with Crippen LogP contribution in [0.15, 0.2) is 24.3 Å². The van der Waals surface area contributed by atoms with Gasteiger partial charge in [-0.1, -0.05) is 24.3 Å². The maximum Gasteiger partial charge on any atom is 0.0446 e. The summed E-state index contributed by atoms with van der Waals surface area (Å²) in [4.78, 5) is 0. The number of aliphatic hydroxyl groups is 1. The summed E-state index contributed by atoms with van der Waals surface area (Å²) < 4.78 is 0. The molecule has 0 aliphatic heterocycles. The highest BCUT2D eigenvalue weighted by Gasteiger charge is 2.24. The minimum absolute atomic E-state index is 0.215. The topological polar surface area (TPSA) is 58.3 Å². The Balaban J connectivity index is 1.97. The maximum atomic E-state index is 8.88. The highest BCUT2D eigenvalue weighted by Crippen LogP contribution is 2.40. The fraction of sp³-hybridized carbons (Fsp3) is 0.625. The Bertz CT molecular complexity index is 390. The molecular weight excluding hydrogens is 236 g/mol. The predicted octanol–water partition coefficient (Wildman–Crippen LogP) is 2.31. The van der Waals surface area contributed by atoms with Gasteiger partial charge in [0, 0.05) is 25.2 Å². The molecule has 2 rings (SSSR count). The molecule has 0 spiro atoms. The van der Waals surface area contributed by atoms with Gasteiger partial charge >= 0.3 is 0 Å². The lowest BCUT2D eigenvalue weighted by Crippen LogP contribution is -2.35. The molecule has 0 radical (unpaired) electrons. The fourth-order valence-corrected chi connectivity index (χ4v) is 2.57. The van der Waals surface area contributed by atoms with E-state index in [1.807, 2.05) is 0 Å². The predicted molar refractivity (Wildman–Crippen MR) is 79.1 cm³/mol. The summed E-state index contributed by atoms with van der Waals surface area (Å²) in [6.45, 7) is 3.02. The highest BCUT2D eigenvalue weighted by molar-refractivity contribution is 5.31. The van der Waals surface area contributed by atoms with Crippen molar-refractivity contribution < 1.29 is 5.11 Å². The van der Waals surface area contributed by atoms with Crippen LogP contribution in [0.3, 0.4) is 0 Å². The molecule has 4 N–H and O–H groups in total. The van der Waals surface area contributed by atoms with Crippen LogP contribution in [0.25, 0.3) is 0 Å². The third-order valence-electron chi connectivity index (χ3n) is 3.88. The maximum absolute atomic E-state index is 8.88. The van der Waals surface area contributed by atoms with Crippen molar-refractivity contribution in [1.82, 2.24) is 5.32 Å². The molecule has 2 atom stereocenters. The standard InChI is InChI=1S/C16H26N2O/c1-12(4-3-9-19)18-16(11-17)15-6-2-5-14(10-15)13-7-8-13/h2,5-6,10,12-13,16,18-19H,3-4,7-9,11,17H2,1H3. The van der Waals surface area contributed by atoms with E-state index in [4.69, 9.17) is 10.8 Å². The Morgan fingerprint density at radius 2 is 2.21 bits per heavy atom. The van der Waals surface area contributed by atoms with Crippen molar-refractivity contribution >= 4 is 0 Å². The SMILES string of the molecule is CC(CCCO)NC(CN)c1cccc(C2CC2)c1. The van der Waals surface area contributed by atoms with Crippen molar-refractivity contribution in [2.75, 3.05) is 13.2 Å². The molecule has 19 heavy (non-hydrogen) atoms. The molecule has 1 aliphatic carbocycles. The molecule has 1 aromatic rings. The number of hydrogen-bond acceptors (Lipinski definition) is 3. The van der Waals surface area contributed by atoms with Crippen LogP contribution in [0.2, 0.25) is 0 Å². The Kier molecular flexibility index (Phi) is 5.37. The van der Waals surface area contributed by atoms with Crippen LogP contribution in [0, 0.1) is 0 Å². The number of benzene rings is 1. The molecule has 3 nitrogen and oxygen atoms in total. The first-order valence-corrected chi connectivity index (χ1v) is 7.41. The molecule has 0 saturated heterocycles. The van der Waals surface area contributed by atoms with Gasteiger partial charge in [-0.15, -0.1) is 0 Å². The average Bonchev–Trinajstić information content (AvgIpc) is 3.27. The van der Waals surface area contributed by atoms with Gasteiger partial charge in [-0.25, -0.2) is 0 Å². The van der Waals surface area contributed by atoms with E-state index in [1.54, 1.807) is 0 Å². The number of rotatable bonds is 8. The van der Waals surface area contributed by atoms with Crippen LogP contribution < -0.4 is 11.1 Å². The second-order valence-electron chi connectivity index (χ2n) is 5.67. The first-order valence-electron chi connectivity index (χ1n) is 7.41. The summed E-state index contributed by atoms with van der Waals surface area (Å²) >= 11 is 0. The lowest BCUT2D eigenvalue weighted by atomic mass is 10.0. The van der Waals surface area contributed by atoms with Gasteiger partial charge in [-0.2, -0.15) is 0 Å². The van der Waals surface area contributed by atoms with Gasteiger partial charge in [-0.3, -0.25) is 0 Å². The molecule has 2 unspecified atom stereocenters. The number of aliphatic hydroxyl groups excluding tert-OH is 1. The monoisotopic (exact) mass is 262 g/mol. The molecule has 0 heterocycles. The lowest BCUT2D eigenvalue weighted by molar-refractivity contribution is 0.274. The second kappa shape index (κ2) is 7.04. The van der Waals surface area contributed by atoms with Crippen LogP contribution in [-0.2, 0) is 0 Å². The van der Waals surface area contributed by atoms with Gasteiger partial charge in [0.15, 0.2) is 0 Å². The van der Waals surface area contributed by atoms with E-state index in [9.17, 15) is 0 Å². The van der Waals surface area contributed by atoms with Crippen molar-refractivity contribution in [2.24, 2.45) is 5.73 Å². The van der Waals surface area contributed by atoms with Crippen LogP contribution in [0.4, 0.5) is 0 Å². The van der Waals surface area contributed by atoms with E-state index in [0.717, 1.165) is 18.8 Å². The van der Waals surface area contributed by atoms with Crippen LogP contribution in [0.1, 0.15) is 55.7 Å². The van der Waals surface area contributed by atoms with Gasteiger partial charge in [-0.05, 0) is 49.7 Å². The van der Waals surface area contributed by atoms with Gasteiger partial charge in [0.25, 0.3) is 0 Å². The van der Waals surface area contributed by atoms with E-state index in [1.165, 1.54) is 24.0 Å². The Labute approximate surface area is 116 Å². The first kappa shape index (κ1) is 14.5. The van der Waals surface area contributed by atoms with E-state index < -0.39 is 0 Å². The van der Waals surface area contributed by atoms with E-state index in [0.29, 0.717) is 12.6 Å². The molecule has 106 valence electrons. The normalized spacial score (nSPS) is 18.3. The van der Waals surface area contributed by atoms with Crippen molar-refractivity contribution in [2.45, 2.75) is 50.6 Å². The van der Waals surface area contributed by atoms with Crippen LogP contribution in [-0.4, -0.2) is 24.3 Å². The molecule has 1 saturated carbocycles. The second-order valence-corrected chi connectivity index (χ2v) is 5.67. The molecule has 0 aromatic heterocycles. The number of hydrogen-bond donors (Lipinski definition) is 3. The number of nitrogens with one attached hydrogen (secondary N) is 1. The quantitative estimate of drug-likeness (QED) is 0.674. The summed E-state index contributed by atoms with van der Waals surface area (Å²) in [5.41, 5.74) is 8.66. The molecule has 0 bridgehead atoms. The zero-order chi connectivity index (χ0) is 13.7. The molecular formula is C16H26N2O. The Morgan fingerprint density at radius 1 is 1.42 bits per heavy atom. The lowest BCUT2D eigenvalue weighted by Gasteiger charge is -2.23. The third kappa shape index (κ3) is 4.30. The van der Waals surface area contributed by atoms with E-state index in [2.05, 4.69) is 36.5 Å². The summed E-state index contributed by atoms with van der Waals surface area (Å²) in [6.07, 6.45) is 4.48. The summed E-state index contributed by atoms with van der Waals surface area (Å²) in [5, 5.41) is 12.4. The Morgan fingerprint density at radius 3 is 2.84 bits per heavy atom. The van der Waals surface area contributed by atoms with Gasteiger partial charge in [0.2, 0.25) is 0 Å². The minimum atomic E-state index is 0.215. The summed E-state index contributed by atoms with van der Waals surface area (Å²) in [5.74, 6) is 0.783. The molecule has 1 aliphatic rings. The van der Waals surface area contributed by atoms with Crippen molar-refractivity contribution in [3.63, 3.8) is 0 Å². The van der Waals surface area contributed by atoms with Gasteiger partial charge in [0.05, 0.1) is 0 Å². The third-order valence-corrected chi connectivity index (χ3v) is 3.88. The largest absolute Gasteiger partial charge is 0.396 e. The van der Waals surface area contributed by atoms with Crippen molar-refractivity contribution in [3.8, 4) is 0 Å². The first-order chi connectivity index (χ1) is 9.24. The van der Waals surface area contributed by atoms with Gasteiger partial charge in [0.1, 0.15) is 0 Å². The summed E-state index contributed by atoms with van der Waals surface area (Å²) in [6, 6.07) is 9.43. The molecule has 3 heteroatoms. The summed E-state index contributed by atoms with van der Waals surface area (Å²) in [7, 11) is 0. The number of nitrogens with two attached hydrogens (primary N) is 1. The Hall–Kier alpha value is -0.900. The van der Waals surface area contributed by atoms with Gasteiger partial charge < -0.3 is 16.2 Å². The molecule has 1 aromatic carbocycles. The van der Waals surface area contributed by atoms with Crippen LogP contribution >= 0.6 is 0 Å². The fourth-order valence-electron chi connectivity index (χ4n) is 2.57.